The van der Waals surface area contributed by atoms with Crippen molar-refractivity contribution in [3.8, 4) is 0 Å². The predicted molar refractivity (Wildman–Crippen MR) is 75.0 cm³/mol. The van der Waals surface area contributed by atoms with Crippen molar-refractivity contribution in [1.29, 1.82) is 0 Å². The second kappa shape index (κ2) is 5.51. The summed E-state index contributed by atoms with van der Waals surface area (Å²) < 4.78 is 0.966. The lowest BCUT2D eigenvalue weighted by atomic mass is 9.74. The summed E-state index contributed by atoms with van der Waals surface area (Å²) in [6, 6.07) is 0. The Kier molecular flexibility index (Phi) is 5.39. The first kappa shape index (κ1) is 16.6. The highest BCUT2D eigenvalue weighted by Crippen LogP contribution is 2.38. The molecule has 0 aromatic rings. The highest BCUT2D eigenvalue weighted by atomic mass is 16.1. The first-order chi connectivity index (χ1) is 7.45. The van der Waals surface area contributed by atoms with Gasteiger partial charge in [-0.2, -0.15) is 0 Å². The van der Waals surface area contributed by atoms with Crippen molar-refractivity contribution in [1.82, 2.24) is 0 Å². The highest BCUT2D eigenvalue weighted by molar-refractivity contribution is 5.77. The molecule has 17 heavy (non-hydrogen) atoms. The topological polar surface area (TPSA) is 17.1 Å². The van der Waals surface area contributed by atoms with E-state index < -0.39 is 0 Å². The summed E-state index contributed by atoms with van der Waals surface area (Å²) in [5, 5.41) is 0. The van der Waals surface area contributed by atoms with Crippen molar-refractivity contribution in [3.05, 3.63) is 0 Å². The number of quaternary nitrogens is 1. The molecule has 0 atom stereocenters. The van der Waals surface area contributed by atoms with Crippen molar-refractivity contribution in [2.45, 2.75) is 66.3 Å². The van der Waals surface area contributed by atoms with Gasteiger partial charge in [0.25, 0.3) is 0 Å². The van der Waals surface area contributed by atoms with E-state index in [0.29, 0.717) is 12.2 Å². The maximum atomic E-state index is 11.3. The molecular formula is C15H32NO+. The SMILES string of the molecule is CCC(=O)CCC[N+](C)(C)C(C)(C)C(C)(C)C. The molecule has 0 N–H and O–H groups in total. The molecule has 0 rings (SSSR count). The van der Waals surface area contributed by atoms with Crippen LogP contribution in [-0.4, -0.2) is 36.4 Å². The first-order valence-electron chi connectivity index (χ1n) is 6.80. The van der Waals surface area contributed by atoms with Crippen LogP contribution in [0, 0.1) is 5.41 Å². The van der Waals surface area contributed by atoms with E-state index in [-0.39, 0.29) is 11.0 Å². The zero-order valence-electron chi connectivity index (χ0n) is 13.2. The van der Waals surface area contributed by atoms with E-state index in [2.05, 4.69) is 48.7 Å². The molecule has 0 saturated carbocycles. The van der Waals surface area contributed by atoms with Gasteiger partial charge in [-0.3, -0.25) is 4.79 Å². The molecule has 0 fully saturated rings. The third-order valence-electron chi connectivity index (χ3n) is 4.92. The van der Waals surface area contributed by atoms with Crippen LogP contribution in [0.25, 0.3) is 0 Å². The Morgan fingerprint density at radius 3 is 1.88 bits per heavy atom. The Labute approximate surface area is 108 Å². The normalized spacial score (nSPS) is 13.9. The van der Waals surface area contributed by atoms with E-state index >= 15 is 0 Å². The predicted octanol–water partition coefficient (Wildman–Crippen LogP) is 3.65. The van der Waals surface area contributed by atoms with Crippen LogP contribution in [0.15, 0.2) is 0 Å². The van der Waals surface area contributed by atoms with Gasteiger partial charge in [-0.15, -0.1) is 0 Å². The molecule has 102 valence electrons. The molecule has 2 heteroatoms. The van der Waals surface area contributed by atoms with Crippen molar-refractivity contribution < 1.29 is 9.28 Å². The smallest absolute Gasteiger partial charge is 0.132 e. The minimum absolute atomic E-state index is 0.197. The van der Waals surface area contributed by atoms with Gasteiger partial charge < -0.3 is 4.48 Å². The minimum Gasteiger partial charge on any atom is -0.324 e. The van der Waals surface area contributed by atoms with Crippen molar-refractivity contribution in [2.75, 3.05) is 20.6 Å². The van der Waals surface area contributed by atoms with Crippen LogP contribution in [0.4, 0.5) is 0 Å². The van der Waals surface area contributed by atoms with Crippen molar-refractivity contribution in [2.24, 2.45) is 5.41 Å². The summed E-state index contributed by atoms with van der Waals surface area (Å²) in [6.07, 6.45) is 2.41. The van der Waals surface area contributed by atoms with Gasteiger partial charge in [-0.05, 0) is 13.8 Å². The molecule has 0 bridgehead atoms. The fourth-order valence-corrected chi connectivity index (χ4v) is 2.04. The van der Waals surface area contributed by atoms with Gasteiger partial charge in [-0.25, -0.2) is 0 Å². The van der Waals surface area contributed by atoms with Gasteiger partial charge in [0.2, 0.25) is 0 Å². The lowest BCUT2D eigenvalue weighted by Crippen LogP contribution is -2.62. The van der Waals surface area contributed by atoms with Crippen LogP contribution < -0.4 is 0 Å². The summed E-state index contributed by atoms with van der Waals surface area (Å²) in [7, 11) is 4.56. The van der Waals surface area contributed by atoms with E-state index in [1.807, 2.05) is 6.92 Å². The number of ketones is 1. The fraction of sp³-hybridized carbons (Fsp3) is 0.933. The number of hydrogen-bond acceptors (Lipinski definition) is 1. The van der Waals surface area contributed by atoms with E-state index in [0.717, 1.165) is 23.9 Å². The van der Waals surface area contributed by atoms with Gasteiger partial charge >= 0.3 is 0 Å². The monoisotopic (exact) mass is 242 g/mol. The molecule has 0 aliphatic carbocycles. The quantitative estimate of drug-likeness (QED) is 0.650. The maximum Gasteiger partial charge on any atom is 0.132 e. The second-order valence-electron chi connectivity index (χ2n) is 7.21. The molecule has 0 saturated heterocycles. The third kappa shape index (κ3) is 4.09. The molecule has 2 nitrogen and oxygen atoms in total. The molecule has 0 aliphatic heterocycles. The fourth-order valence-electron chi connectivity index (χ4n) is 2.04. The Morgan fingerprint density at radius 2 is 1.53 bits per heavy atom. The first-order valence-corrected chi connectivity index (χ1v) is 6.80. The number of carbonyl (C=O) groups excluding carboxylic acids is 1. The molecule has 0 spiro atoms. The van der Waals surface area contributed by atoms with Crippen LogP contribution in [0.1, 0.15) is 60.8 Å². The summed E-state index contributed by atoms with van der Waals surface area (Å²) in [5.41, 5.74) is 0.452. The Bertz CT molecular complexity index is 259. The molecule has 0 amide bonds. The molecule has 0 heterocycles. The number of hydrogen-bond donors (Lipinski definition) is 0. The number of carbonyl (C=O) groups is 1. The van der Waals surface area contributed by atoms with Crippen LogP contribution in [0.3, 0.4) is 0 Å². The molecule has 0 aromatic heterocycles. The highest BCUT2D eigenvalue weighted by Gasteiger charge is 2.45. The standard InChI is InChI=1S/C15H32NO/c1-9-13(17)11-10-12-16(7,8)15(5,6)14(2,3)4/h9-12H2,1-8H3/q+1. The summed E-state index contributed by atoms with van der Waals surface area (Å²) in [5.74, 6) is 0.388. The van der Waals surface area contributed by atoms with Crippen LogP contribution in [0.2, 0.25) is 0 Å². The largest absolute Gasteiger partial charge is 0.324 e. The average molecular weight is 242 g/mol. The molecule has 0 unspecified atom stereocenters. The van der Waals surface area contributed by atoms with Crippen molar-refractivity contribution in [3.63, 3.8) is 0 Å². The van der Waals surface area contributed by atoms with Crippen LogP contribution in [-0.2, 0) is 4.79 Å². The van der Waals surface area contributed by atoms with E-state index in [9.17, 15) is 4.79 Å². The third-order valence-corrected chi connectivity index (χ3v) is 4.92. The Hall–Kier alpha value is -0.370. The van der Waals surface area contributed by atoms with Gasteiger partial charge in [0.1, 0.15) is 5.78 Å². The molecule has 0 aromatic carbocycles. The minimum atomic E-state index is 0.197. The summed E-state index contributed by atoms with van der Waals surface area (Å²) in [4.78, 5) is 11.3. The van der Waals surface area contributed by atoms with E-state index in [1.165, 1.54) is 0 Å². The second-order valence-corrected chi connectivity index (χ2v) is 7.21. The maximum absolute atomic E-state index is 11.3. The lowest BCUT2D eigenvalue weighted by molar-refractivity contribution is -0.946. The van der Waals surface area contributed by atoms with Gasteiger partial charge in [0.15, 0.2) is 0 Å². The summed E-state index contributed by atoms with van der Waals surface area (Å²) in [6.45, 7) is 14.6. The van der Waals surface area contributed by atoms with Gasteiger partial charge in [-0.1, -0.05) is 27.7 Å². The summed E-state index contributed by atoms with van der Waals surface area (Å²) >= 11 is 0. The zero-order valence-corrected chi connectivity index (χ0v) is 13.2. The number of nitrogens with zero attached hydrogens (tertiary/aromatic N) is 1. The van der Waals surface area contributed by atoms with E-state index in [1.54, 1.807) is 0 Å². The van der Waals surface area contributed by atoms with Gasteiger partial charge in [0, 0.05) is 24.7 Å². The van der Waals surface area contributed by atoms with Crippen LogP contribution in [0.5, 0.6) is 0 Å². The zero-order chi connectivity index (χ0) is 13.9. The Morgan fingerprint density at radius 1 is 1.06 bits per heavy atom. The van der Waals surface area contributed by atoms with Crippen LogP contribution >= 0.6 is 0 Å². The number of Topliss-reactive ketones (excluding diaryl/α,β-unsaturated/α-hetero) is 1. The molecular weight excluding hydrogens is 210 g/mol. The Balaban J connectivity index is 4.52. The van der Waals surface area contributed by atoms with E-state index in [4.69, 9.17) is 0 Å². The lowest BCUT2D eigenvalue weighted by Gasteiger charge is -2.52. The van der Waals surface area contributed by atoms with Crippen molar-refractivity contribution >= 4 is 5.78 Å². The van der Waals surface area contributed by atoms with Gasteiger partial charge in [0.05, 0.1) is 26.2 Å². The molecule has 0 aliphatic rings. The molecule has 0 radical (unpaired) electrons. The number of rotatable bonds is 6. The average Bonchev–Trinajstić information content (AvgIpc) is 2.15.